The molecule has 0 fully saturated rings. The van der Waals surface area contributed by atoms with Crippen molar-refractivity contribution in [3.05, 3.63) is 24.8 Å². The fourth-order valence-electron chi connectivity index (χ4n) is 1.60. The molecule has 0 radical (unpaired) electrons. The van der Waals surface area contributed by atoms with E-state index in [4.69, 9.17) is 10.5 Å². The smallest absolute Gasteiger partial charge is 0.207 e. The Morgan fingerprint density at radius 2 is 1.89 bits per heavy atom. The predicted molar refractivity (Wildman–Crippen MR) is 78.3 cm³/mol. The third kappa shape index (κ3) is 8.63. The van der Waals surface area contributed by atoms with Crippen LogP contribution in [0, 0.1) is 22.8 Å². The van der Waals surface area contributed by atoms with Crippen LogP contribution in [0.5, 0.6) is 0 Å². The number of rotatable bonds is 9. The van der Waals surface area contributed by atoms with E-state index in [9.17, 15) is 0 Å². The molecular weight excluding hydrogens is 236 g/mol. The van der Waals surface area contributed by atoms with Crippen LogP contribution >= 0.6 is 0 Å². The van der Waals surface area contributed by atoms with Crippen molar-refractivity contribution >= 4 is 5.84 Å². The van der Waals surface area contributed by atoms with Crippen LogP contribution in [0.15, 0.2) is 29.8 Å². The van der Waals surface area contributed by atoms with Gasteiger partial charge in [-0.1, -0.05) is 31.6 Å². The monoisotopic (exact) mass is 258 g/mol. The van der Waals surface area contributed by atoms with Crippen molar-refractivity contribution in [1.29, 1.82) is 10.5 Å². The van der Waals surface area contributed by atoms with Gasteiger partial charge in [-0.15, -0.1) is 6.58 Å². The van der Waals surface area contributed by atoms with Crippen LogP contribution in [0.3, 0.4) is 0 Å². The molecule has 4 heteroatoms. The summed E-state index contributed by atoms with van der Waals surface area (Å²) >= 11 is 0. The first-order valence-electron chi connectivity index (χ1n) is 6.63. The highest BCUT2D eigenvalue weighted by Gasteiger charge is 2.09. The van der Waals surface area contributed by atoms with E-state index < -0.39 is 0 Å². The summed E-state index contributed by atoms with van der Waals surface area (Å²) < 4.78 is 0. The fraction of sp³-hybridized carbons (Fsp3) is 0.533. The molecule has 0 aromatic heterocycles. The Hall–Kier alpha value is -2.07. The Morgan fingerprint density at radius 3 is 2.47 bits per heavy atom. The summed E-state index contributed by atoms with van der Waals surface area (Å²) in [6.07, 6.45) is 12.0. The summed E-state index contributed by atoms with van der Waals surface area (Å²) in [4.78, 5) is 5.74. The molecule has 0 amide bonds. The molecule has 0 spiro atoms. The van der Waals surface area contributed by atoms with Gasteiger partial charge in [0.2, 0.25) is 6.19 Å². The number of allylic oxidation sites excluding steroid dienone is 1. The van der Waals surface area contributed by atoms with E-state index in [2.05, 4.69) is 36.7 Å². The van der Waals surface area contributed by atoms with Gasteiger partial charge in [0.25, 0.3) is 0 Å². The minimum atomic E-state index is 0.170. The van der Waals surface area contributed by atoms with Crippen molar-refractivity contribution in [3.63, 3.8) is 0 Å². The Kier molecular flexibility index (Phi) is 11.0. The van der Waals surface area contributed by atoms with Crippen LogP contribution < -0.4 is 0 Å². The van der Waals surface area contributed by atoms with E-state index in [0.717, 1.165) is 38.8 Å². The highest BCUT2D eigenvalue weighted by atomic mass is 15.2. The summed E-state index contributed by atoms with van der Waals surface area (Å²) in [7, 11) is 0. The first-order valence-corrected chi connectivity index (χ1v) is 6.63. The molecule has 0 aliphatic carbocycles. The van der Waals surface area contributed by atoms with Gasteiger partial charge in [0.05, 0.1) is 12.5 Å². The van der Waals surface area contributed by atoms with Crippen molar-refractivity contribution < 1.29 is 0 Å². The highest BCUT2D eigenvalue weighted by molar-refractivity contribution is 5.84. The van der Waals surface area contributed by atoms with E-state index in [1.807, 2.05) is 11.0 Å². The Labute approximate surface area is 116 Å². The topological polar surface area (TPSA) is 63.2 Å². The van der Waals surface area contributed by atoms with Gasteiger partial charge in [-0.25, -0.2) is 0 Å². The van der Waals surface area contributed by atoms with E-state index in [1.54, 1.807) is 6.19 Å². The van der Waals surface area contributed by atoms with E-state index in [1.165, 1.54) is 0 Å². The highest BCUT2D eigenvalue weighted by Crippen LogP contribution is 2.02. The molecule has 0 aromatic carbocycles. The molecule has 0 atom stereocenters. The minimum Gasteiger partial charge on any atom is -0.358 e. The van der Waals surface area contributed by atoms with Crippen LogP contribution in [-0.4, -0.2) is 23.8 Å². The maximum Gasteiger partial charge on any atom is 0.207 e. The standard InChI is InChI=1S/C15H22N4/c1-3-5-7-8-9-13-19(12-6-4-2)15(10-11-16)18-14-17/h4,7-8H,2-3,5-6,9-10,12-13H2,1H3. The van der Waals surface area contributed by atoms with Gasteiger partial charge in [0.1, 0.15) is 5.84 Å². The fourth-order valence-corrected chi connectivity index (χ4v) is 1.60. The zero-order valence-electron chi connectivity index (χ0n) is 11.7. The summed E-state index contributed by atoms with van der Waals surface area (Å²) in [5.74, 6) is 0.552. The van der Waals surface area contributed by atoms with Gasteiger partial charge in [0.15, 0.2) is 0 Å². The number of aliphatic imine (C=N–C) groups is 1. The Bertz CT molecular complexity index is 382. The molecule has 102 valence electrons. The zero-order valence-corrected chi connectivity index (χ0v) is 11.7. The molecule has 0 saturated heterocycles. The number of unbranched alkanes of at least 4 members (excludes halogenated alkanes) is 1. The second-order valence-corrected chi connectivity index (χ2v) is 4.08. The van der Waals surface area contributed by atoms with Gasteiger partial charge in [-0.2, -0.15) is 15.5 Å². The Balaban J connectivity index is 4.51. The largest absolute Gasteiger partial charge is 0.358 e. The summed E-state index contributed by atoms with van der Waals surface area (Å²) in [6.45, 7) is 7.36. The van der Waals surface area contributed by atoms with E-state index in [0.29, 0.717) is 5.84 Å². The van der Waals surface area contributed by atoms with Gasteiger partial charge in [0, 0.05) is 13.1 Å². The van der Waals surface area contributed by atoms with Crippen LogP contribution in [0.1, 0.15) is 39.0 Å². The number of nitriles is 2. The maximum atomic E-state index is 8.78. The molecule has 0 unspecified atom stereocenters. The van der Waals surface area contributed by atoms with E-state index >= 15 is 0 Å². The van der Waals surface area contributed by atoms with Gasteiger partial charge < -0.3 is 4.90 Å². The number of amidine groups is 1. The number of hydrogen-bond acceptors (Lipinski definition) is 3. The zero-order chi connectivity index (χ0) is 14.3. The minimum absolute atomic E-state index is 0.170. The second-order valence-electron chi connectivity index (χ2n) is 4.08. The van der Waals surface area contributed by atoms with Crippen LogP contribution in [0.4, 0.5) is 0 Å². The van der Waals surface area contributed by atoms with E-state index in [-0.39, 0.29) is 6.42 Å². The third-order valence-corrected chi connectivity index (χ3v) is 2.57. The third-order valence-electron chi connectivity index (χ3n) is 2.57. The van der Waals surface area contributed by atoms with Crippen LogP contribution in [-0.2, 0) is 0 Å². The molecule has 0 bridgehead atoms. The molecule has 19 heavy (non-hydrogen) atoms. The lowest BCUT2D eigenvalue weighted by molar-refractivity contribution is 0.428. The molecule has 4 nitrogen and oxygen atoms in total. The predicted octanol–water partition coefficient (Wildman–Crippen LogP) is 3.40. The quantitative estimate of drug-likeness (QED) is 0.275. The lowest BCUT2D eigenvalue weighted by Gasteiger charge is -2.23. The lowest BCUT2D eigenvalue weighted by Crippen LogP contribution is -2.32. The molecular formula is C15H22N4. The average Bonchev–Trinajstić information content (AvgIpc) is 2.42. The first kappa shape index (κ1) is 16.9. The van der Waals surface area contributed by atoms with Crippen molar-refractivity contribution in [2.45, 2.75) is 39.0 Å². The summed E-state index contributed by atoms with van der Waals surface area (Å²) in [5, 5.41) is 17.4. The SMILES string of the molecule is C=CCCN(CCC=CCCC)C(CC#N)=NC#N. The molecule has 0 aromatic rings. The van der Waals surface area contributed by atoms with Gasteiger partial charge >= 0.3 is 0 Å². The average molecular weight is 258 g/mol. The Morgan fingerprint density at radius 1 is 1.21 bits per heavy atom. The van der Waals surface area contributed by atoms with Gasteiger partial charge in [-0.3, -0.25) is 0 Å². The van der Waals surface area contributed by atoms with Crippen LogP contribution in [0.2, 0.25) is 0 Å². The molecule has 0 aliphatic heterocycles. The summed E-state index contributed by atoms with van der Waals surface area (Å²) in [6, 6.07) is 2.05. The number of nitrogens with zero attached hydrogens (tertiary/aromatic N) is 4. The summed E-state index contributed by atoms with van der Waals surface area (Å²) in [5.41, 5.74) is 0. The lowest BCUT2D eigenvalue weighted by atomic mass is 10.2. The van der Waals surface area contributed by atoms with Crippen molar-refractivity contribution in [2.24, 2.45) is 4.99 Å². The molecule has 0 aliphatic rings. The first-order chi connectivity index (χ1) is 9.29. The normalized spacial score (nSPS) is 11.0. The molecule has 0 saturated carbocycles. The maximum absolute atomic E-state index is 8.78. The molecule has 0 rings (SSSR count). The number of hydrogen-bond donors (Lipinski definition) is 0. The molecule has 0 heterocycles. The second kappa shape index (κ2) is 12.4. The molecule has 0 N–H and O–H groups in total. The van der Waals surface area contributed by atoms with Crippen molar-refractivity contribution in [2.75, 3.05) is 13.1 Å². The van der Waals surface area contributed by atoms with Crippen LogP contribution in [0.25, 0.3) is 0 Å². The van der Waals surface area contributed by atoms with Gasteiger partial charge in [-0.05, 0) is 19.3 Å². The van der Waals surface area contributed by atoms with Crippen molar-refractivity contribution in [3.8, 4) is 12.3 Å². The van der Waals surface area contributed by atoms with Crippen molar-refractivity contribution in [1.82, 2.24) is 4.90 Å².